The summed E-state index contributed by atoms with van der Waals surface area (Å²) in [5, 5.41) is 3.16. The Morgan fingerprint density at radius 3 is 2.71 bits per heavy atom. The highest BCUT2D eigenvalue weighted by Gasteiger charge is 2.33. The molecule has 1 aliphatic heterocycles. The number of carbonyl (C=O) groups excluding carboxylic acids is 2. The molecule has 114 valence electrons. The van der Waals surface area contributed by atoms with Gasteiger partial charge in [-0.3, -0.25) is 9.59 Å². The fraction of sp³-hybridized carbons (Fsp3) is 0.467. The molecule has 2 amide bonds. The van der Waals surface area contributed by atoms with Crippen LogP contribution in [0.15, 0.2) is 18.2 Å². The number of halogens is 1. The van der Waals surface area contributed by atoms with Crippen molar-refractivity contribution < 1.29 is 14.3 Å². The van der Waals surface area contributed by atoms with Crippen LogP contribution in [-0.2, 0) is 9.59 Å². The van der Waals surface area contributed by atoms with Crippen LogP contribution in [0, 0.1) is 5.92 Å². The van der Waals surface area contributed by atoms with E-state index in [9.17, 15) is 9.59 Å². The molecule has 1 aromatic carbocycles. The first-order valence-corrected chi connectivity index (χ1v) is 7.24. The molecule has 0 aliphatic carbocycles. The number of ether oxygens (including phenoxy) is 1. The number of nitrogens with one attached hydrogen (secondary N) is 1. The van der Waals surface area contributed by atoms with Crippen molar-refractivity contribution in [2.24, 2.45) is 5.92 Å². The zero-order chi connectivity index (χ0) is 15.6. The van der Waals surface area contributed by atoms with E-state index in [2.05, 4.69) is 5.32 Å². The molecule has 1 fully saturated rings. The second-order valence-corrected chi connectivity index (χ2v) is 5.90. The molecule has 21 heavy (non-hydrogen) atoms. The maximum Gasteiger partial charge on any atom is 0.250 e. The molecule has 1 atom stereocenters. The Labute approximate surface area is 129 Å². The van der Waals surface area contributed by atoms with Crippen molar-refractivity contribution in [1.82, 2.24) is 5.32 Å². The largest absolute Gasteiger partial charge is 0.495 e. The lowest BCUT2D eigenvalue weighted by molar-refractivity contribution is -0.131. The van der Waals surface area contributed by atoms with Gasteiger partial charge in [-0.05, 0) is 30.5 Å². The fourth-order valence-corrected chi connectivity index (χ4v) is 2.64. The lowest BCUT2D eigenvalue weighted by Crippen LogP contribution is -2.58. The van der Waals surface area contributed by atoms with Gasteiger partial charge in [0, 0.05) is 5.69 Å². The van der Waals surface area contributed by atoms with Crippen LogP contribution >= 0.6 is 11.6 Å². The van der Waals surface area contributed by atoms with Gasteiger partial charge in [0.2, 0.25) is 11.8 Å². The summed E-state index contributed by atoms with van der Waals surface area (Å²) in [4.78, 5) is 25.8. The molecule has 1 N–H and O–H groups in total. The predicted molar refractivity (Wildman–Crippen MR) is 81.7 cm³/mol. The molecular formula is C15H19ClN2O3. The Balaban J connectivity index is 2.27. The Morgan fingerprint density at radius 2 is 2.14 bits per heavy atom. The number of amides is 2. The molecule has 6 heteroatoms. The van der Waals surface area contributed by atoms with Gasteiger partial charge in [-0.1, -0.05) is 25.4 Å². The number of anilines is 1. The smallest absolute Gasteiger partial charge is 0.250 e. The van der Waals surface area contributed by atoms with E-state index in [4.69, 9.17) is 16.3 Å². The maximum atomic E-state index is 12.5. The van der Waals surface area contributed by atoms with E-state index in [0.29, 0.717) is 28.8 Å². The SMILES string of the molecule is COc1ccc(N2CC(=O)NC(CC(C)C)C2=O)cc1Cl. The quantitative estimate of drug-likeness (QED) is 0.927. The molecule has 1 heterocycles. The molecule has 2 rings (SSSR count). The van der Waals surface area contributed by atoms with Gasteiger partial charge in [0.1, 0.15) is 18.3 Å². The van der Waals surface area contributed by atoms with Crippen molar-refractivity contribution in [3.63, 3.8) is 0 Å². The second-order valence-electron chi connectivity index (χ2n) is 5.49. The normalized spacial score (nSPS) is 18.9. The summed E-state index contributed by atoms with van der Waals surface area (Å²) in [6.45, 7) is 4.04. The molecule has 1 saturated heterocycles. The molecule has 1 aliphatic rings. The molecular weight excluding hydrogens is 292 g/mol. The molecule has 0 aromatic heterocycles. The Kier molecular flexibility index (Phi) is 4.73. The van der Waals surface area contributed by atoms with Gasteiger partial charge in [-0.2, -0.15) is 0 Å². The highest BCUT2D eigenvalue weighted by molar-refractivity contribution is 6.32. The third-order valence-corrected chi connectivity index (χ3v) is 3.65. The highest BCUT2D eigenvalue weighted by Crippen LogP contribution is 2.30. The Bertz CT molecular complexity index is 560. The summed E-state index contributed by atoms with van der Waals surface area (Å²) in [6, 6.07) is 4.58. The number of hydrogen-bond acceptors (Lipinski definition) is 3. The van der Waals surface area contributed by atoms with Gasteiger partial charge < -0.3 is 15.0 Å². The molecule has 5 nitrogen and oxygen atoms in total. The van der Waals surface area contributed by atoms with E-state index in [1.807, 2.05) is 13.8 Å². The van der Waals surface area contributed by atoms with Gasteiger partial charge >= 0.3 is 0 Å². The Hall–Kier alpha value is -1.75. The van der Waals surface area contributed by atoms with Crippen molar-refractivity contribution in [2.45, 2.75) is 26.3 Å². The van der Waals surface area contributed by atoms with Gasteiger partial charge in [-0.15, -0.1) is 0 Å². The summed E-state index contributed by atoms with van der Waals surface area (Å²) in [7, 11) is 1.53. The van der Waals surface area contributed by atoms with Crippen LogP contribution in [0.1, 0.15) is 20.3 Å². The zero-order valence-electron chi connectivity index (χ0n) is 12.4. The second kappa shape index (κ2) is 6.35. The molecule has 0 saturated carbocycles. The van der Waals surface area contributed by atoms with Gasteiger partial charge in [0.25, 0.3) is 0 Å². The van der Waals surface area contributed by atoms with Crippen molar-refractivity contribution >= 4 is 29.1 Å². The van der Waals surface area contributed by atoms with Crippen LogP contribution < -0.4 is 15.0 Å². The van der Waals surface area contributed by atoms with E-state index < -0.39 is 6.04 Å². The summed E-state index contributed by atoms with van der Waals surface area (Å²) >= 11 is 6.09. The van der Waals surface area contributed by atoms with Crippen LogP contribution in [0.4, 0.5) is 5.69 Å². The van der Waals surface area contributed by atoms with Gasteiger partial charge in [0.05, 0.1) is 12.1 Å². The van der Waals surface area contributed by atoms with E-state index in [1.54, 1.807) is 18.2 Å². The summed E-state index contributed by atoms with van der Waals surface area (Å²) in [5.41, 5.74) is 0.606. The van der Waals surface area contributed by atoms with Crippen molar-refractivity contribution in [1.29, 1.82) is 0 Å². The number of methoxy groups -OCH3 is 1. The van der Waals surface area contributed by atoms with Crippen molar-refractivity contribution in [2.75, 3.05) is 18.6 Å². The topological polar surface area (TPSA) is 58.6 Å². The minimum absolute atomic E-state index is 0.0100. The average Bonchev–Trinajstić information content (AvgIpc) is 2.41. The van der Waals surface area contributed by atoms with E-state index in [0.717, 1.165) is 0 Å². The van der Waals surface area contributed by atoms with E-state index >= 15 is 0 Å². The summed E-state index contributed by atoms with van der Waals surface area (Å²) in [5.74, 6) is 0.587. The third-order valence-electron chi connectivity index (χ3n) is 3.36. The first kappa shape index (κ1) is 15.6. The lowest BCUT2D eigenvalue weighted by atomic mass is 10.0. The fourth-order valence-electron chi connectivity index (χ4n) is 2.38. The van der Waals surface area contributed by atoms with Crippen molar-refractivity contribution in [3.8, 4) is 5.75 Å². The third kappa shape index (κ3) is 3.47. The van der Waals surface area contributed by atoms with Gasteiger partial charge in [0.15, 0.2) is 0 Å². The van der Waals surface area contributed by atoms with E-state index in [1.165, 1.54) is 12.0 Å². The van der Waals surface area contributed by atoms with Crippen LogP contribution in [0.5, 0.6) is 5.75 Å². The van der Waals surface area contributed by atoms with E-state index in [-0.39, 0.29) is 18.4 Å². The minimum Gasteiger partial charge on any atom is -0.495 e. The number of rotatable bonds is 4. The molecule has 1 unspecified atom stereocenters. The number of benzene rings is 1. The lowest BCUT2D eigenvalue weighted by Gasteiger charge is -2.33. The molecule has 1 aromatic rings. The molecule has 0 radical (unpaired) electrons. The zero-order valence-corrected chi connectivity index (χ0v) is 13.1. The monoisotopic (exact) mass is 310 g/mol. The standard InChI is InChI=1S/C15H19ClN2O3/c1-9(2)6-12-15(20)18(8-14(19)17-12)10-4-5-13(21-3)11(16)7-10/h4-5,7,9,12H,6,8H2,1-3H3,(H,17,19). The first-order chi connectivity index (χ1) is 9.92. The number of nitrogens with zero attached hydrogens (tertiary/aromatic N) is 1. The first-order valence-electron chi connectivity index (χ1n) is 6.86. The minimum atomic E-state index is -0.480. The summed E-state index contributed by atoms with van der Waals surface area (Å²) in [6.07, 6.45) is 0.616. The van der Waals surface area contributed by atoms with Crippen LogP contribution in [0.25, 0.3) is 0 Å². The molecule has 0 bridgehead atoms. The number of piperazine rings is 1. The molecule has 0 spiro atoms. The summed E-state index contributed by atoms with van der Waals surface area (Å²) < 4.78 is 5.09. The Morgan fingerprint density at radius 1 is 1.43 bits per heavy atom. The number of carbonyl (C=O) groups is 2. The van der Waals surface area contributed by atoms with Gasteiger partial charge in [-0.25, -0.2) is 0 Å². The van der Waals surface area contributed by atoms with Crippen LogP contribution in [0.2, 0.25) is 5.02 Å². The van der Waals surface area contributed by atoms with Crippen LogP contribution in [0.3, 0.4) is 0 Å². The predicted octanol–water partition coefficient (Wildman–Crippen LogP) is 2.23. The number of hydrogen-bond donors (Lipinski definition) is 1. The van der Waals surface area contributed by atoms with Crippen molar-refractivity contribution in [3.05, 3.63) is 23.2 Å². The maximum absolute atomic E-state index is 12.5. The highest BCUT2D eigenvalue weighted by atomic mass is 35.5. The average molecular weight is 311 g/mol. The van der Waals surface area contributed by atoms with Crippen LogP contribution in [-0.4, -0.2) is 31.5 Å².